The topological polar surface area (TPSA) is 44.1 Å². The van der Waals surface area contributed by atoms with Crippen molar-refractivity contribution in [1.29, 1.82) is 5.26 Å². The van der Waals surface area contributed by atoms with Crippen LogP contribution in [0.25, 0.3) is 0 Å². The predicted octanol–water partition coefficient (Wildman–Crippen LogP) is 2.96. The summed E-state index contributed by atoms with van der Waals surface area (Å²) in [5, 5.41) is 8.99. The molecule has 17 heavy (non-hydrogen) atoms. The normalized spacial score (nSPS) is 11.6. The minimum atomic E-state index is 0.0575. The molecule has 0 bridgehead atoms. The minimum Gasteiger partial charge on any atom is -0.314 e. The molecule has 0 heterocycles. The van der Waals surface area contributed by atoms with E-state index < -0.39 is 0 Å². The van der Waals surface area contributed by atoms with E-state index in [1.165, 1.54) is 0 Å². The van der Waals surface area contributed by atoms with Crippen LogP contribution in [0, 0.1) is 17.2 Å². The van der Waals surface area contributed by atoms with Crippen LogP contribution in [-0.4, -0.2) is 13.0 Å². The molecular formula is C14H18N2O. The number of para-hydroxylation sites is 1. The molecule has 0 saturated heterocycles. The fourth-order valence-corrected chi connectivity index (χ4v) is 1.57. The number of benzene rings is 1. The Bertz CT molecular complexity index is 434. The van der Waals surface area contributed by atoms with Crippen molar-refractivity contribution < 1.29 is 4.79 Å². The van der Waals surface area contributed by atoms with Crippen molar-refractivity contribution >= 4 is 11.6 Å². The summed E-state index contributed by atoms with van der Waals surface area (Å²) in [7, 11) is 1.72. The van der Waals surface area contributed by atoms with Gasteiger partial charge in [-0.3, -0.25) is 4.79 Å². The number of hydrogen-bond donors (Lipinski definition) is 0. The van der Waals surface area contributed by atoms with Gasteiger partial charge in [-0.1, -0.05) is 32.4 Å². The predicted molar refractivity (Wildman–Crippen MR) is 68.6 cm³/mol. The summed E-state index contributed by atoms with van der Waals surface area (Å²) in [6.45, 7) is 4.13. The van der Waals surface area contributed by atoms with Crippen LogP contribution in [0.15, 0.2) is 24.3 Å². The van der Waals surface area contributed by atoms with Gasteiger partial charge in [-0.05, 0) is 18.1 Å². The van der Waals surface area contributed by atoms with E-state index in [0.717, 1.165) is 6.42 Å². The lowest BCUT2D eigenvalue weighted by atomic mass is 10.0. The fourth-order valence-electron chi connectivity index (χ4n) is 1.57. The largest absolute Gasteiger partial charge is 0.314 e. The third-order valence-electron chi connectivity index (χ3n) is 2.98. The van der Waals surface area contributed by atoms with Crippen molar-refractivity contribution in [2.75, 3.05) is 11.9 Å². The van der Waals surface area contributed by atoms with Gasteiger partial charge in [-0.2, -0.15) is 5.26 Å². The highest BCUT2D eigenvalue weighted by atomic mass is 16.2. The molecule has 1 atom stereocenters. The van der Waals surface area contributed by atoms with Gasteiger partial charge in [0, 0.05) is 13.5 Å². The number of rotatable bonds is 4. The van der Waals surface area contributed by atoms with E-state index in [2.05, 4.69) is 19.9 Å². The lowest BCUT2D eigenvalue weighted by Gasteiger charge is -2.20. The maximum atomic E-state index is 12.0. The van der Waals surface area contributed by atoms with Crippen molar-refractivity contribution in [1.82, 2.24) is 0 Å². The van der Waals surface area contributed by atoms with Gasteiger partial charge in [0.25, 0.3) is 0 Å². The Morgan fingerprint density at radius 3 is 2.71 bits per heavy atom. The highest BCUT2D eigenvalue weighted by Crippen LogP contribution is 2.20. The van der Waals surface area contributed by atoms with Gasteiger partial charge in [0.2, 0.25) is 5.91 Å². The van der Waals surface area contributed by atoms with E-state index in [0.29, 0.717) is 23.6 Å². The number of nitriles is 1. The van der Waals surface area contributed by atoms with Crippen LogP contribution in [0.4, 0.5) is 5.69 Å². The smallest absolute Gasteiger partial charge is 0.227 e. The van der Waals surface area contributed by atoms with E-state index in [9.17, 15) is 4.79 Å². The molecule has 1 aromatic carbocycles. The molecule has 0 aliphatic rings. The van der Waals surface area contributed by atoms with E-state index in [1.807, 2.05) is 6.07 Å². The van der Waals surface area contributed by atoms with E-state index in [1.54, 1.807) is 30.1 Å². The molecule has 0 aromatic heterocycles. The summed E-state index contributed by atoms with van der Waals surface area (Å²) < 4.78 is 0. The molecule has 1 aromatic rings. The second-order valence-corrected chi connectivity index (χ2v) is 4.30. The first-order valence-electron chi connectivity index (χ1n) is 5.85. The number of anilines is 1. The highest BCUT2D eigenvalue weighted by molar-refractivity contribution is 5.94. The van der Waals surface area contributed by atoms with Crippen LogP contribution in [0.5, 0.6) is 0 Å². The molecule has 0 saturated carbocycles. The van der Waals surface area contributed by atoms with Crippen LogP contribution in [0.2, 0.25) is 0 Å². The van der Waals surface area contributed by atoms with Crippen molar-refractivity contribution in [3.8, 4) is 6.07 Å². The number of nitrogens with zero attached hydrogens (tertiary/aromatic N) is 2. The number of hydrogen-bond acceptors (Lipinski definition) is 2. The van der Waals surface area contributed by atoms with E-state index in [4.69, 9.17) is 5.26 Å². The summed E-state index contributed by atoms with van der Waals surface area (Å²) >= 11 is 0. The summed E-state index contributed by atoms with van der Waals surface area (Å²) in [6, 6.07) is 9.27. The van der Waals surface area contributed by atoms with Crippen LogP contribution in [-0.2, 0) is 4.79 Å². The van der Waals surface area contributed by atoms with Gasteiger partial charge in [0.05, 0.1) is 11.3 Å². The SMILES string of the molecule is CCC(C)CC(=O)N(C)c1ccccc1C#N. The third kappa shape index (κ3) is 3.32. The maximum Gasteiger partial charge on any atom is 0.227 e. The molecule has 1 rings (SSSR count). The second-order valence-electron chi connectivity index (χ2n) is 4.30. The molecule has 1 amide bonds. The molecule has 3 heteroatoms. The average Bonchev–Trinajstić information content (AvgIpc) is 2.37. The van der Waals surface area contributed by atoms with Crippen LogP contribution < -0.4 is 4.90 Å². The molecule has 0 fully saturated rings. The van der Waals surface area contributed by atoms with Crippen molar-refractivity contribution in [2.24, 2.45) is 5.92 Å². The van der Waals surface area contributed by atoms with Gasteiger partial charge in [0.1, 0.15) is 6.07 Å². The van der Waals surface area contributed by atoms with Gasteiger partial charge < -0.3 is 4.90 Å². The quantitative estimate of drug-likeness (QED) is 0.798. The van der Waals surface area contributed by atoms with Crippen molar-refractivity contribution in [3.05, 3.63) is 29.8 Å². The summed E-state index contributed by atoms with van der Waals surface area (Å²) in [5.74, 6) is 0.432. The Hall–Kier alpha value is -1.82. The lowest BCUT2D eigenvalue weighted by molar-refractivity contribution is -0.119. The second kappa shape index (κ2) is 6.05. The summed E-state index contributed by atoms with van der Waals surface area (Å²) in [6.07, 6.45) is 1.51. The van der Waals surface area contributed by atoms with Gasteiger partial charge in [-0.15, -0.1) is 0 Å². The lowest BCUT2D eigenvalue weighted by Crippen LogP contribution is -2.28. The zero-order valence-electron chi connectivity index (χ0n) is 10.6. The molecular weight excluding hydrogens is 212 g/mol. The standard InChI is InChI=1S/C14H18N2O/c1-4-11(2)9-14(17)16(3)13-8-6-5-7-12(13)10-15/h5-8,11H,4,9H2,1-3H3. The molecule has 90 valence electrons. The minimum absolute atomic E-state index is 0.0575. The Balaban J connectivity index is 2.86. The third-order valence-corrected chi connectivity index (χ3v) is 2.98. The van der Waals surface area contributed by atoms with Gasteiger partial charge >= 0.3 is 0 Å². The van der Waals surface area contributed by atoms with Crippen LogP contribution in [0.3, 0.4) is 0 Å². The average molecular weight is 230 g/mol. The van der Waals surface area contributed by atoms with Crippen molar-refractivity contribution in [3.63, 3.8) is 0 Å². The highest BCUT2D eigenvalue weighted by Gasteiger charge is 2.15. The van der Waals surface area contributed by atoms with Gasteiger partial charge in [-0.25, -0.2) is 0 Å². The first kappa shape index (κ1) is 13.2. The first-order valence-corrected chi connectivity index (χ1v) is 5.85. The zero-order valence-corrected chi connectivity index (χ0v) is 10.6. The van der Waals surface area contributed by atoms with Crippen LogP contribution in [0.1, 0.15) is 32.3 Å². The Labute approximate surface area is 103 Å². The molecule has 0 radical (unpaired) electrons. The molecule has 0 aliphatic carbocycles. The number of carbonyl (C=O) groups excluding carboxylic acids is 1. The molecule has 3 nitrogen and oxygen atoms in total. The summed E-state index contributed by atoms with van der Waals surface area (Å²) in [5.41, 5.74) is 1.22. The monoisotopic (exact) mass is 230 g/mol. The molecule has 0 aliphatic heterocycles. The Morgan fingerprint density at radius 1 is 1.47 bits per heavy atom. The molecule has 0 N–H and O–H groups in total. The molecule has 0 spiro atoms. The van der Waals surface area contributed by atoms with E-state index in [-0.39, 0.29) is 5.91 Å². The Morgan fingerprint density at radius 2 is 2.12 bits per heavy atom. The zero-order chi connectivity index (χ0) is 12.8. The van der Waals surface area contributed by atoms with Crippen molar-refractivity contribution in [2.45, 2.75) is 26.7 Å². The van der Waals surface area contributed by atoms with E-state index >= 15 is 0 Å². The number of amides is 1. The fraction of sp³-hybridized carbons (Fsp3) is 0.429. The summed E-state index contributed by atoms with van der Waals surface area (Å²) in [4.78, 5) is 13.6. The maximum absolute atomic E-state index is 12.0. The number of carbonyl (C=O) groups is 1. The Kier molecular flexibility index (Phi) is 4.71. The molecule has 1 unspecified atom stereocenters. The first-order chi connectivity index (χ1) is 8.10. The van der Waals surface area contributed by atoms with Gasteiger partial charge in [0.15, 0.2) is 0 Å². The van der Waals surface area contributed by atoms with Crippen LogP contribution >= 0.6 is 0 Å².